The number of benzene rings is 2. The average Bonchev–Trinajstić information content (AvgIpc) is 2.59. The van der Waals surface area contributed by atoms with E-state index in [0.717, 1.165) is 23.1 Å². The van der Waals surface area contributed by atoms with Crippen molar-refractivity contribution in [3.8, 4) is 17.2 Å². The quantitative estimate of drug-likeness (QED) is 0.366. The Labute approximate surface area is 156 Å². The number of carbonyl (C=O) groups excluding carboxylic acids is 1. The summed E-state index contributed by atoms with van der Waals surface area (Å²) in [6.45, 7) is 1.39. The first-order chi connectivity index (χ1) is 12.2. The van der Waals surface area contributed by atoms with Crippen LogP contribution in [0.1, 0.15) is 19.3 Å². The minimum Gasteiger partial charge on any atom is -0.490 e. The molecular weight excluding hydrogens is 386 g/mol. The largest absolute Gasteiger partial charge is 0.490 e. The van der Waals surface area contributed by atoms with Crippen molar-refractivity contribution in [2.75, 3.05) is 19.8 Å². The van der Waals surface area contributed by atoms with E-state index in [1.165, 1.54) is 0 Å². The summed E-state index contributed by atoms with van der Waals surface area (Å²) >= 11 is 3.40. The molecule has 0 aliphatic rings. The third-order valence-electron chi connectivity index (χ3n) is 3.29. The summed E-state index contributed by atoms with van der Waals surface area (Å²) in [5.41, 5.74) is 5.41. The SMILES string of the molecule is NCCCCC(=O)Oc1cccc(OCCOc2cccc(Br)c2)c1. The third-order valence-corrected chi connectivity index (χ3v) is 3.78. The molecule has 0 radical (unpaired) electrons. The zero-order valence-electron chi connectivity index (χ0n) is 13.9. The van der Waals surface area contributed by atoms with Gasteiger partial charge in [0.1, 0.15) is 30.5 Å². The molecule has 2 aromatic rings. The summed E-state index contributed by atoms with van der Waals surface area (Å²) in [6, 6.07) is 14.6. The Morgan fingerprint density at radius 2 is 1.56 bits per heavy atom. The molecule has 0 saturated carbocycles. The van der Waals surface area contributed by atoms with Crippen LogP contribution >= 0.6 is 15.9 Å². The number of ether oxygens (including phenoxy) is 3. The Hall–Kier alpha value is -2.05. The molecule has 0 aliphatic heterocycles. The molecule has 2 aromatic carbocycles. The standard InChI is InChI=1S/C19H22BrNO4/c20-15-5-3-6-16(13-15)23-11-12-24-17-7-4-8-18(14-17)25-19(22)9-1-2-10-21/h3-8,13-14H,1-2,9-12,21H2. The Balaban J connectivity index is 1.74. The Morgan fingerprint density at radius 3 is 2.24 bits per heavy atom. The fourth-order valence-corrected chi connectivity index (χ4v) is 2.48. The van der Waals surface area contributed by atoms with E-state index in [4.69, 9.17) is 19.9 Å². The molecular formula is C19H22BrNO4. The van der Waals surface area contributed by atoms with Gasteiger partial charge in [0.15, 0.2) is 0 Å². The Morgan fingerprint density at radius 1 is 0.920 bits per heavy atom. The summed E-state index contributed by atoms with van der Waals surface area (Å²) in [5, 5.41) is 0. The number of nitrogens with two attached hydrogens (primary N) is 1. The van der Waals surface area contributed by atoms with Crippen LogP contribution < -0.4 is 19.9 Å². The summed E-state index contributed by atoms with van der Waals surface area (Å²) in [7, 11) is 0. The van der Waals surface area contributed by atoms with Crippen LogP contribution in [0, 0.1) is 0 Å². The lowest BCUT2D eigenvalue weighted by Gasteiger charge is -2.10. The molecule has 2 N–H and O–H groups in total. The number of rotatable bonds is 10. The summed E-state index contributed by atoms with van der Waals surface area (Å²) in [5.74, 6) is 1.62. The minimum atomic E-state index is -0.261. The smallest absolute Gasteiger partial charge is 0.311 e. The molecule has 0 aliphatic carbocycles. The summed E-state index contributed by atoms with van der Waals surface area (Å²) < 4.78 is 17.5. The maximum absolute atomic E-state index is 11.7. The van der Waals surface area contributed by atoms with Gasteiger partial charge in [-0.3, -0.25) is 4.79 Å². The van der Waals surface area contributed by atoms with Gasteiger partial charge in [-0.15, -0.1) is 0 Å². The maximum atomic E-state index is 11.7. The molecule has 0 heterocycles. The molecule has 0 aromatic heterocycles. The molecule has 0 amide bonds. The first kappa shape index (κ1) is 19.3. The number of unbranched alkanes of at least 4 members (excludes halogenated alkanes) is 1. The van der Waals surface area contributed by atoms with Crippen LogP contribution in [0.3, 0.4) is 0 Å². The monoisotopic (exact) mass is 407 g/mol. The second kappa shape index (κ2) is 10.7. The average molecular weight is 408 g/mol. The fourth-order valence-electron chi connectivity index (χ4n) is 2.10. The van der Waals surface area contributed by atoms with E-state index in [1.807, 2.05) is 30.3 Å². The molecule has 0 bridgehead atoms. The lowest BCUT2D eigenvalue weighted by Crippen LogP contribution is -2.10. The van der Waals surface area contributed by atoms with Crippen molar-refractivity contribution in [3.63, 3.8) is 0 Å². The summed E-state index contributed by atoms with van der Waals surface area (Å²) in [6.07, 6.45) is 1.91. The molecule has 0 unspecified atom stereocenters. The van der Waals surface area contributed by atoms with Gasteiger partial charge in [0, 0.05) is 17.0 Å². The zero-order chi connectivity index (χ0) is 17.9. The second-order valence-electron chi connectivity index (χ2n) is 5.35. The van der Waals surface area contributed by atoms with Gasteiger partial charge in [-0.1, -0.05) is 28.1 Å². The first-order valence-corrected chi connectivity index (χ1v) is 8.98. The maximum Gasteiger partial charge on any atom is 0.311 e. The van der Waals surface area contributed by atoms with Gasteiger partial charge in [-0.2, -0.15) is 0 Å². The van der Waals surface area contributed by atoms with E-state index in [0.29, 0.717) is 37.7 Å². The molecule has 0 spiro atoms. The molecule has 0 fully saturated rings. The van der Waals surface area contributed by atoms with Gasteiger partial charge in [0.2, 0.25) is 0 Å². The van der Waals surface area contributed by atoms with Crippen LogP contribution in [0.2, 0.25) is 0 Å². The molecule has 0 saturated heterocycles. The van der Waals surface area contributed by atoms with E-state index in [1.54, 1.807) is 18.2 Å². The lowest BCUT2D eigenvalue weighted by molar-refractivity contribution is -0.134. The normalized spacial score (nSPS) is 10.3. The van der Waals surface area contributed by atoms with Crippen molar-refractivity contribution in [2.24, 2.45) is 5.73 Å². The molecule has 134 valence electrons. The second-order valence-corrected chi connectivity index (χ2v) is 6.26. The highest BCUT2D eigenvalue weighted by atomic mass is 79.9. The van der Waals surface area contributed by atoms with Gasteiger partial charge < -0.3 is 19.9 Å². The van der Waals surface area contributed by atoms with Crippen LogP contribution in [-0.2, 0) is 4.79 Å². The number of hydrogen-bond donors (Lipinski definition) is 1. The predicted octanol–water partition coefficient (Wildman–Crippen LogP) is 3.94. The van der Waals surface area contributed by atoms with Gasteiger partial charge in [0.05, 0.1) is 0 Å². The molecule has 2 rings (SSSR count). The van der Waals surface area contributed by atoms with Gasteiger partial charge in [-0.05, 0) is 49.7 Å². The van der Waals surface area contributed by atoms with E-state index >= 15 is 0 Å². The minimum absolute atomic E-state index is 0.261. The molecule has 0 atom stereocenters. The van der Waals surface area contributed by atoms with Gasteiger partial charge in [0.25, 0.3) is 0 Å². The number of halogens is 1. The first-order valence-electron chi connectivity index (χ1n) is 8.19. The van der Waals surface area contributed by atoms with E-state index in [2.05, 4.69) is 15.9 Å². The zero-order valence-corrected chi connectivity index (χ0v) is 15.5. The van der Waals surface area contributed by atoms with Crippen LogP contribution in [0.5, 0.6) is 17.2 Å². The Bertz CT molecular complexity index is 678. The van der Waals surface area contributed by atoms with Crippen molar-refractivity contribution in [1.29, 1.82) is 0 Å². The lowest BCUT2D eigenvalue weighted by atomic mass is 10.2. The van der Waals surface area contributed by atoms with E-state index in [9.17, 15) is 4.79 Å². The summed E-state index contributed by atoms with van der Waals surface area (Å²) in [4.78, 5) is 11.7. The van der Waals surface area contributed by atoms with Crippen LogP contribution in [-0.4, -0.2) is 25.7 Å². The van der Waals surface area contributed by atoms with Crippen molar-refractivity contribution >= 4 is 21.9 Å². The third kappa shape index (κ3) is 7.58. The van der Waals surface area contributed by atoms with Crippen molar-refractivity contribution < 1.29 is 19.0 Å². The number of esters is 1. The van der Waals surface area contributed by atoms with Crippen LogP contribution in [0.4, 0.5) is 0 Å². The van der Waals surface area contributed by atoms with E-state index < -0.39 is 0 Å². The Kier molecular flexibility index (Phi) is 8.28. The topological polar surface area (TPSA) is 70.8 Å². The van der Waals surface area contributed by atoms with Crippen molar-refractivity contribution in [3.05, 3.63) is 53.0 Å². The van der Waals surface area contributed by atoms with Crippen molar-refractivity contribution in [2.45, 2.75) is 19.3 Å². The highest BCUT2D eigenvalue weighted by Gasteiger charge is 2.05. The van der Waals surface area contributed by atoms with Gasteiger partial charge >= 0.3 is 5.97 Å². The molecule has 6 heteroatoms. The fraction of sp³-hybridized carbons (Fsp3) is 0.316. The predicted molar refractivity (Wildman–Crippen MR) is 100 cm³/mol. The highest BCUT2D eigenvalue weighted by Crippen LogP contribution is 2.21. The van der Waals surface area contributed by atoms with Gasteiger partial charge in [-0.25, -0.2) is 0 Å². The number of hydrogen-bond acceptors (Lipinski definition) is 5. The molecule has 25 heavy (non-hydrogen) atoms. The van der Waals surface area contributed by atoms with Crippen molar-refractivity contribution in [1.82, 2.24) is 0 Å². The highest BCUT2D eigenvalue weighted by molar-refractivity contribution is 9.10. The van der Waals surface area contributed by atoms with E-state index in [-0.39, 0.29) is 5.97 Å². The number of carbonyl (C=O) groups is 1. The van der Waals surface area contributed by atoms with Crippen LogP contribution in [0.15, 0.2) is 53.0 Å². The molecule has 5 nitrogen and oxygen atoms in total. The van der Waals surface area contributed by atoms with Crippen LogP contribution in [0.25, 0.3) is 0 Å².